The Morgan fingerprint density at radius 1 is 1.05 bits per heavy atom. The summed E-state index contributed by atoms with van der Waals surface area (Å²) in [6, 6.07) is 13.2. The van der Waals surface area contributed by atoms with Gasteiger partial charge < -0.3 is 10.6 Å². The highest BCUT2D eigenvalue weighted by atomic mass is 79.9. The lowest BCUT2D eigenvalue weighted by molar-refractivity contribution is 0.102. The second-order valence-corrected chi connectivity index (χ2v) is 4.98. The molecule has 2 aromatic rings. The van der Waals surface area contributed by atoms with Gasteiger partial charge in [-0.2, -0.15) is 0 Å². The fraction of sp³-hybridized carbons (Fsp3) is 0.133. The molecular formula is C15H15BrN2O. The van der Waals surface area contributed by atoms with Crippen molar-refractivity contribution < 1.29 is 4.79 Å². The van der Waals surface area contributed by atoms with Crippen molar-refractivity contribution in [2.75, 3.05) is 17.7 Å². The molecule has 0 spiro atoms. The molecule has 19 heavy (non-hydrogen) atoms. The predicted molar refractivity (Wildman–Crippen MR) is 82.8 cm³/mol. The number of benzene rings is 2. The molecule has 2 rings (SSSR count). The van der Waals surface area contributed by atoms with E-state index in [0.29, 0.717) is 5.56 Å². The van der Waals surface area contributed by atoms with Crippen molar-refractivity contribution >= 4 is 33.2 Å². The zero-order chi connectivity index (χ0) is 13.8. The highest BCUT2D eigenvalue weighted by Gasteiger charge is 2.12. The van der Waals surface area contributed by atoms with Gasteiger partial charge in [0.15, 0.2) is 0 Å². The van der Waals surface area contributed by atoms with Crippen LogP contribution in [-0.4, -0.2) is 13.0 Å². The molecule has 0 radical (unpaired) electrons. The van der Waals surface area contributed by atoms with Crippen LogP contribution < -0.4 is 10.6 Å². The number of anilines is 2. The van der Waals surface area contributed by atoms with Gasteiger partial charge in [0.05, 0.1) is 11.3 Å². The molecule has 1 amide bonds. The number of hydrogen-bond acceptors (Lipinski definition) is 2. The van der Waals surface area contributed by atoms with Gasteiger partial charge in [0.2, 0.25) is 0 Å². The van der Waals surface area contributed by atoms with Crippen LogP contribution >= 0.6 is 15.9 Å². The third-order valence-electron chi connectivity index (χ3n) is 2.88. The Morgan fingerprint density at radius 3 is 2.47 bits per heavy atom. The summed E-state index contributed by atoms with van der Waals surface area (Å²) >= 11 is 3.49. The molecule has 0 aliphatic heterocycles. The number of carbonyl (C=O) groups is 1. The molecule has 2 N–H and O–H groups in total. The molecule has 0 aliphatic carbocycles. The molecule has 0 unspecified atom stereocenters. The number of hydrogen-bond donors (Lipinski definition) is 2. The second kappa shape index (κ2) is 5.89. The number of amides is 1. The molecule has 0 heterocycles. The van der Waals surface area contributed by atoms with Gasteiger partial charge in [-0.05, 0) is 46.6 Å². The highest BCUT2D eigenvalue weighted by molar-refractivity contribution is 9.10. The second-order valence-electron chi connectivity index (χ2n) is 4.19. The van der Waals surface area contributed by atoms with Gasteiger partial charge in [-0.3, -0.25) is 4.79 Å². The first-order valence-electron chi connectivity index (χ1n) is 5.96. The average Bonchev–Trinajstić information content (AvgIpc) is 2.43. The summed E-state index contributed by atoms with van der Waals surface area (Å²) < 4.78 is 0.908. The number of nitrogens with one attached hydrogen (secondary N) is 2. The minimum Gasteiger partial charge on any atom is -0.387 e. The Bertz CT molecular complexity index is 611. The quantitative estimate of drug-likeness (QED) is 0.896. The molecule has 98 valence electrons. The largest absolute Gasteiger partial charge is 0.387 e. The maximum absolute atomic E-state index is 12.3. The minimum atomic E-state index is -0.128. The van der Waals surface area contributed by atoms with Crippen molar-refractivity contribution in [2.45, 2.75) is 6.92 Å². The summed E-state index contributed by atoms with van der Waals surface area (Å²) in [4.78, 5) is 12.3. The molecule has 0 bridgehead atoms. The lowest BCUT2D eigenvalue weighted by Gasteiger charge is -2.11. The Kier molecular flexibility index (Phi) is 4.22. The normalized spacial score (nSPS) is 10.1. The Balaban J connectivity index is 2.28. The van der Waals surface area contributed by atoms with Gasteiger partial charge in [-0.1, -0.05) is 24.3 Å². The Labute approximate surface area is 121 Å². The first kappa shape index (κ1) is 13.6. The van der Waals surface area contributed by atoms with Gasteiger partial charge >= 0.3 is 0 Å². The van der Waals surface area contributed by atoms with E-state index in [2.05, 4.69) is 26.6 Å². The standard InChI is InChI=1S/C15H15BrN2O/c1-10-6-5-9-13(14(10)16)18-15(19)11-7-3-4-8-12(11)17-2/h3-9,17H,1-2H3,(H,18,19). The van der Waals surface area contributed by atoms with Crippen LogP contribution in [0.3, 0.4) is 0 Å². The maximum atomic E-state index is 12.3. The van der Waals surface area contributed by atoms with E-state index < -0.39 is 0 Å². The Hall–Kier alpha value is -1.81. The topological polar surface area (TPSA) is 41.1 Å². The summed E-state index contributed by atoms with van der Waals surface area (Å²) in [6.07, 6.45) is 0. The first-order valence-corrected chi connectivity index (χ1v) is 6.76. The molecule has 0 atom stereocenters. The van der Waals surface area contributed by atoms with Gasteiger partial charge in [-0.25, -0.2) is 0 Å². The predicted octanol–water partition coefficient (Wildman–Crippen LogP) is 4.05. The zero-order valence-electron chi connectivity index (χ0n) is 10.8. The van der Waals surface area contributed by atoms with E-state index in [4.69, 9.17) is 0 Å². The van der Waals surface area contributed by atoms with Gasteiger partial charge in [-0.15, -0.1) is 0 Å². The lowest BCUT2D eigenvalue weighted by Crippen LogP contribution is -2.14. The monoisotopic (exact) mass is 318 g/mol. The first-order chi connectivity index (χ1) is 9.13. The van der Waals surface area contributed by atoms with Crippen LogP contribution in [0.1, 0.15) is 15.9 Å². The minimum absolute atomic E-state index is 0.128. The molecule has 3 nitrogen and oxygen atoms in total. The molecule has 4 heteroatoms. The number of carbonyl (C=O) groups excluding carboxylic acids is 1. The summed E-state index contributed by atoms with van der Waals surface area (Å²) in [5.74, 6) is -0.128. The third kappa shape index (κ3) is 2.96. The molecule has 0 aromatic heterocycles. The molecule has 0 aliphatic rings. The van der Waals surface area contributed by atoms with E-state index in [9.17, 15) is 4.79 Å². The van der Waals surface area contributed by atoms with E-state index >= 15 is 0 Å². The molecule has 0 fully saturated rings. The van der Waals surface area contributed by atoms with Crippen molar-refractivity contribution in [1.29, 1.82) is 0 Å². The maximum Gasteiger partial charge on any atom is 0.257 e. The molecule has 0 saturated carbocycles. The molecular weight excluding hydrogens is 304 g/mol. The van der Waals surface area contributed by atoms with Crippen molar-refractivity contribution in [3.05, 3.63) is 58.1 Å². The lowest BCUT2D eigenvalue weighted by atomic mass is 10.1. The summed E-state index contributed by atoms with van der Waals surface area (Å²) in [7, 11) is 1.80. The van der Waals surface area contributed by atoms with Crippen LogP contribution in [0, 0.1) is 6.92 Å². The summed E-state index contributed by atoms with van der Waals surface area (Å²) in [5.41, 5.74) is 3.29. The van der Waals surface area contributed by atoms with Crippen LogP contribution in [-0.2, 0) is 0 Å². The summed E-state index contributed by atoms with van der Waals surface area (Å²) in [5, 5.41) is 5.93. The zero-order valence-corrected chi connectivity index (χ0v) is 12.4. The highest BCUT2D eigenvalue weighted by Crippen LogP contribution is 2.26. The van der Waals surface area contributed by atoms with Gasteiger partial charge in [0.1, 0.15) is 0 Å². The van der Waals surface area contributed by atoms with Crippen molar-refractivity contribution in [1.82, 2.24) is 0 Å². The van der Waals surface area contributed by atoms with Crippen LogP contribution in [0.15, 0.2) is 46.9 Å². The van der Waals surface area contributed by atoms with Gasteiger partial charge in [0.25, 0.3) is 5.91 Å². The van der Waals surface area contributed by atoms with Crippen LogP contribution in [0.5, 0.6) is 0 Å². The van der Waals surface area contributed by atoms with E-state index in [0.717, 1.165) is 21.4 Å². The Morgan fingerprint density at radius 2 is 1.74 bits per heavy atom. The molecule has 2 aromatic carbocycles. The van der Waals surface area contributed by atoms with E-state index in [-0.39, 0.29) is 5.91 Å². The number of rotatable bonds is 3. The van der Waals surface area contributed by atoms with Crippen LogP contribution in [0.2, 0.25) is 0 Å². The number of para-hydroxylation sites is 1. The van der Waals surface area contributed by atoms with Gasteiger partial charge in [0, 0.05) is 17.2 Å². The smallest absolute Gasteiger partial charge is 0.257 e. The fourth-order valence-corrected chi connectivity index (χ4v) is 2.20. The number of halogens is 1. The SMILES string of the molecule is CNc1ccccc1C(=O)Nc1cccc(C)c1Br. The molecule has 0 saturated heterocycles. The number of aryl methyl sites for hydroxylation is 1. The van der Waals surface area contributed by atoms with Crippen molar-refractivity contribution in [3.8, 4) is 0 Å². The summed E-state index contributed by atoms with van der Waals surface area (Å²) in [6.45, 7) is 1.99. The van der Waals surface area contributed by atoms with E-state index in [1.165, 1.54) is 0 Å². The fourth-order valence-electron chi connectivity index (χ4n) is 1.83. The van der Waals surface area contributed by atoms with E-state index in [1.807, 2.05) is 43.3 Å². The van der Waals surface area contributed by atoms with Crippen LogP contribution in [0.4, 0.5) is 11.4 Å². The van der Waals surface area contributed by atoms with Crippen molar-refractivity contribution in [2.24, 2.45) is 0 Å². The average molecular weight is 319 g/mol. The van der Waals surface area contributed by atoms with Crippen LogP contribution in [0.25, 0.3) is 0 Å². The third-order valence-corrected chi connectivity index (χ3v) is 3.93. The van der Waals surface area contributed by atoms with E-state index in [1.54, 1.807) is 13.1 Å². The van der Waals surface area contributed by atoms with Crippen molar-refractivity contribution in [3.63, 3.8) is 0 Å².